The van der Waals surface area contributed by atoms with Crippen molar-refractivity contribution in [3.05, 3.63) is 58.1 Å². The lowest BCUT2D eigenvalue weighted by Crippen LogP contribution is -2.49. The van der Waals surface area contributed by atoms with Crippen LogP contribution in [0, 0.1) is 0 Å². The van der Waals surface area contributed by atoms with E-state index in [-0.39, 0.29) is 18.4 Å². The van der Waals surface area contributed by atoms with Gasteiger partial charge in [0.15, 0.2) is 0 Å². The van der Waals surface area contributed by atoms with Gasteiger partial charge in [-0.3, -0.25) is 4.79 Å². The maximum absolute atomic E-state index is 11.9. The molecule has 0 radical (unpaired) electrons. The molecule has 22 heavy (non-hydrogen) atoms. The number of nitrogens with one attached hydrogen (secondary N) is 1. The first kappa shape index (κ1) is 14.1. The standard InChI is InChI=1S/C15H15N3O4/c19-12-6-13(20)17-14(16-12)11-7-18(8-11)15(21)22-9-10-4-2-1-3-5-10/h1-6,11H,7-9H2,(H2,16,17,19,20). The van der Waals surface area contributed by atoms with E-state index in [1.54, 1.807) is 0 Å². The highest BCUT2D eigenvalue weighted by atomic mass is 16.6. The number of nitrogens with zero attached hydrogens (tertiary/aromatic N) is 2. The second-order valence-corrected chi connectivity index (χ2v) is 5.13. The number of H-pyrrole nitrogens is 1. The van der Waals surface area contributed by atoms with Gasteiger partial charge in [0.1, 0.15) is 12.4 Å². The van der Waals surface area contributed by atoms with Gasteiger partial charge in [0.05, 0.1) is 12.0 Å². The van der Waals surface area contributed by atoms with Gasteiger partial charge >= 0.3 is 6.09 Å². The van der Waals surface area contributed by atoms with Crippen molar-refractivity contribution in [2.45, 2.75) is 12.5 Å². The number of hydrogen-bond acceptors (Lipinski definition) is 5. The van der Waals surface area contributed by atoms with Crippen molar-refractivity contribution in [1.29, 1.82) is 0 Å². The van der Waals surface area contributed by atoms with E-state index >= 15 is 0 Å². The van der Waals surface area contributed by atoms with E-state index < -0.39 is 11.7 Å². The van der Waals surface area contributed by atoms with E-state index in [1.165, 1.54) is 4.90 Å². The van der Waals surface area contributed by atoms with E-state index in [0.29, 0.717) is 18.9 Å². The first-order valence-corrected chi connectivity index (χ1v) is 6.87. The van der Waals surface area contributed by atoms with Gasteiger partial charge < -0.3 is 19.7 Å². The van der Waals surface area contributed by atoms with Crippen LogP contribution in [0.3, 0.4) is 0 Å². The molecule has 1 fully saturated rings. The number of likely N-dealkylation sites (tertiary alicyclic amines) is 1. The van der Waals surface area contributed by atoms with Crippen LogP contribution in [0.25, 0.3) is 0 Å². The molecule has 0 unspecified atom stereocenters. The highest BCUT2D eigenvalue weighted by molar-refractivity contribution is 5.69. The summed E-state index contributed by atoms with van der Waals surface area (Å²) < 4.78 is 5.21. The van der Waals surface area contributed by atoms with Crippen molar-refractivity contribution >= 4 is 6.09 Å². The predicted molar refractivity (Wildman–Crippen MR) is 77.5 cm³/mol. The van der Waals surface area contributed by atoms with Crippen LogP contribution < -0.4 is 5.56 Å². The van der Waals surface area contributed by atoms with E-state index in [2.05, 4.69) is 9.97 Å². The number of aromatic amines is 1. The van der Waals surface area contributed by atoms with Gasteiger partial charge in [-0.1, -0.05) is 30.3 Å². The number of amides is 1. The van der Waals surface area contributed by atoms with Crippen molar-refractivity contribution in [3.63, 3.8) is 0 Å². The second-order valence-electron chi connectivity index (χ2n) is 5.13. The number of rotatable bonds is 3. The Bertz CT molecular complexity index is 723. The third kappa shape index (κ3) is 3.08. The molecule has 1 aromatic heterocycles. The Morgan fingerprint density at radius 3 is 2.77 bits per heavy atom. The highest BCUT2D eigenvalue weighted by Crippen LogP contribution is 2.25. The molecule has 2 aromatic rings. The molecule has 114 valence electrons. The summed E-state index contributed by atoms with van der Waals surface area (Å²) in [5, 5.41) is 9.31. The van der Waals surface area contributed by atoms with Crippen LogP contribution in [-0.2, 0) is 11.3 Å². The van der Waals surface area contributed by atoms with Crippen molar-refractivity contribution in [2.75, 3.05) is 13.1 Å². The summed E-state index contributed by atoms with van der Waals surface area (Å²) in [5.41, 5.74) is 0.513. The quantitative estimate of drug-likeness (QED) is 0.888. The molecule has 1 aliphatic heterocycles. The lowest BCUT2D eigenvalue weighted by Gasteiger charge is -2.37. The second kappa shape index (κ2) is 5.88. The van der Waals surface area contributed by atoms with Crippen LogP contribution in [0.1, 0.15) is 17.3 Å². The summed E-state index contributed by atoms with van der Waals surface area (Å²) in [6.07, 6.45) is -0.400. The summed E-state index contributed by atoms with van der Waals surface area (Å²) >= 11 is 0. The lowest BCUT2D eigenvalue weighted by molar-refractivity contribution is 0.0649. The minimum atomic E-state index is -0.410. The van der Waals surface area contributed by atoms with Crippen molar-refractivity contribution in [1.82, 2.24) is 14.9 Å². The molecular formula is C15H15N3O4. The fourth-order valence-electron chi connectivity index (χ4n) is 2.27. The van der Waals surface area contributed by atoms with E-state index in [9.17, 15) is 14.7 Å². The Balaban J connectivity index is 1.52. The molecule has 1 aromatic carbocycles. The van der Waals surface area contributed by atoms with Gasteiger partial charge in [-0.15, -0.1) is 0 Å². The molecule has 0 bridgehead atoms. The van der Waals surface area contributed by atoms with Gasteiger partial charge in [-0.05, 0) is 5.56 Å². The predicted octanol–water partition coefficient (Wildman–Crippen LogP) is 1.21. The molecule has 7 nitrogen and oxygen atoms in total. The van der Waals surface area contributed by atoms with E-state index in [1.807, 2.05) is 30.3 Å². The third-order valence-electron chi connectivity index (χ3n) is 3.48. The van der Waals surface area contributed by atoms with Crippen molar-refractivity contribution in [2.24, 2.45) is 0 Å². The molecule has 0 spiro atoms. The zero-order valence-electron chi connectivity index (χ0n) is 11.7. The number of carbonyl (C=O) groups excluding carboxylic acids is 1. The number of benzene rings is 1. The van der Waals surface area contributed by atoms with Crippen LogP contribution in [0.5, 0.6) is 5.88 Å². The number of hydrogen-bond donors (Lipinski definition) is 2. The van der Waals surface area contributed by atoms with Gasteiger partial charge in [0, 0.05) is 13.1 Å². The Labute approximate surface area is 126 Å². The maximum Gasteiger partial charge on any atom is 0.410 e. The molecule has 1 aliphatic rings. The van der Waals surface area contributed by atoms with E-state index in [0.717, 1.165) is 11.6 Å². The Morgan fingerprint density at radius 1 is 1.36 bits per heavy atom. The number of ether oxygens (including phenoxy) is 1. The molecule has 2 N–H and O–H groups in total. The van der Waals surface area contributed by atoms with Crippen LogP contribution >= 0.6 is 0 Å². The Morgan fingerprint density at radius 2 is 2.09 bits per heavy atom. The Hall–Kier alpha value is -2.83. The molecule has 1 amide bonds. The number of aromatic nitrogens is 2. The summed E-state index contributed by atoms with van der Waals surface area (Å²) in [5.74, 6) is -0.0231. The molecule has 7 heteroatoms. The third-order valence-corrected chi connectivity index (χ3v) is 3.48. The average Bonchev–Trinajstić information content (AvgIpc) is 2.43. The molecule has 0 atom stereocenters. The van der Waals surface area contributed by atoms with Gasteiger partial charge in [0.25, 0.3) is 5.56 Å². The zero-order chi connectivity index (χ0) is 15.5. The van der Waals surface area contributed by atoms with Gasteiger partial charge in [-0.25, -0.2) is 4.79 Å². The summed E-state index contributed by atoms with van der Waals surface area (Å²) in [7, 11) is 0. The highest BCUT2D eigenvalue weighted by Gasteiger charge is 2.34. The minimum Gasteiger partial charge on any atom is -0.493 e. The van der Waals surface area contributed by atoms with Gasteiger partial charge in [-0.2, -0.15) is 4.98 Å². The average molecular weight is 301 g/mol. The largest absolute Gasteiger partial charge is 0.493 e. The van der Waals surface area contributed by atoms with Crippen LogP contribution in [-0.4, -0.2) is 39.2 Å². The number of carbonyl (C=O) groups is 1. The van der Waals surface area contributed by atoms with E-state index in [4.69, 9.17) is 4.74 Å². The summed E-state index contributed by atoms with van der Waals surface area (Å²) in [6, 6.07) is 10.4. The maximum atomic E-state index is 11.9. The SMILES string of the molecule is O=C(OCc1ccccc1)N1CC(c2nc(O)cc(=O)[nH]2)C1. The van der Waals surface area contributed by atoms with Crippen molar-refractivity contribution < 1.29 is 14.6 Å². The molecule has 0 aliphatic carbocycles. The molecular weight excluding hydrogens is 286 g/mol. The molecule has 2 heterocycles. The fraction of sp³-hybridized carbons (Fsp3) is 0.267. The lowest BCUT2D eigenvalue weighted by atomic mass is 10.00. The smallest absolute Gasteiger partial charge is 0.410 e. The first-order chi connectivity index (χ1) is 10.6. The summed E-state index contributed by atoms with van der Waals surface area (Å²) in [6.45, 7) is 1.03. The summed E-state index contributed by atoms with van der Waals surface area (Å²) in [4.78, 5) is 31.1. The molecule has 1 saturated heterocycles. The first-order valence-electron chi connectivity index (χ1n) is 6.87. The fourth-order valence-corrected chi connectivity index (χ4v) is 2.27. The zero-order valence-corrected chi connectivity index (χ0v) is 11.7. The van der Waals surface area contributed by atoms with Crippen LogP contribution in [0.15, 0.2) is 41.2 Å². The monoisotopic (exact) mass is 301 g/mol. The van der Waals surface area contributed by atoms with Crippen LogP contribution in [0.4, 0.5) is 4.79 Å². The Kier molecular flexibility index (Phi) is 3.78. The normalized spacial score (nSPS) is 14.5. The topological polar surface area (TPSA) is 95.5 Å². The molecule has 0 saturated carbocycles. The minimum absolute atomic E-state index is 0.0934. The number of aromatic hydroxyl groups is 1. The van der Waals surface area contributed by atoms with Crippen molar-refractivity contribution in [3.8, 4) is 5.88 Å². The van der Waals surface area contributed by atoms with Gasteiger partial charge in [0.2, 0.25) is 5.88 Å². The van der Waals surface area contributed by atoms with Crippen LogP contribution in [0.2, 0.25) is 0 Å². The molecule has 3 rings (SSSR count).